The fraction of sp³-hybridized carbons (Fsp3) is 1.00. The highest BCUT2D eigenvalue weighted by atomic mass is 16.8. The van der Waals surface area contributed by atoms with Crippen molar-refractivity contribution in [1.29, 1.82) is 0 Å². The van der Waals surface area contributed by atoms with Crippen molar-refractivity contribution in [2.24, 2.45) is 11.3 Å². The van der Waals surface area contributed by atoms with E-state index in [0.29, 0.717) is 5.92 Å². The molecule has 2 rings (SSSR count). The van der Waals surface area contributed by atoms with E-state index >= 15 is 0 Å². The number of hydrogen-bond acceptors (Lipinski definition) is 4. The third-order valence-electron chi connectivity index (χ3n) is 5.24. The predicted molar refractivity (Wildman–Crippen MR) is 82.0 cm³/mol. The third kappa shape index (κ3) is 3.98. The minimum absolute atomic E-state index is 0.167. The Kier molecular flexibility index (Phi) is 6.48. The Hall–Kier alpha value is -0.160. The van der Waals surface area contributed by atoms with Crippen LogP contribution in [0, 0.1) is 11.3 Å². The molecule has 2 aliphatic rings. The van der Waals surface area contributed by atoms with Crippen molar-refractivity contribution in [2.45, 2.75) is 78.5 Å². The van der Waals surface area contributed by atoms with Gasteiger partial charge in [0.1, 0.15) is 0 Å². The molecule has 0 bridgehead atoms. The fourth-order valence-corrected chi connectivity index (χ4v) is 3.18. The van der Waals surface area contributed by atoms with Crippen LogP contribution in [0.4, 0.5) is 0 Å². The minimum Gasteiger partial charge on any atom is -0.348 e. The van der Waals surface area contributed by atoms with E-state index in [2.05, 4.69) is 27.7 Å². The molecule has 0 N–H and O–H groups in total. The van der Waals surface area contributed by atoms with Gasteiger partial charge in [-0.25, -0.2) is 0 Å². The Bertz CT molecular complexity index is 293. The van der Waals surface area contributed by atoms with Crippen LogP contribution >= 0.6 is 0 Å². The standard InChI is InChI=1S/C17H32O4/c1-5-9-14-13(6-2)10-18-16(21-14)15-19-11-17(7-3,8-4)12-20-15/h13-16H,5-12H2,1-4H3. The van der Waals surface area contributed by atoms with Crippen LogP contribution in [-0.4, -0.2) is 38.5 Å². The van der Waals surface area contributed by atoms with Crippen molar-refractivity contribution < 1.29 is 18.9 Å². The molecule has 124 valence electrons. The second kappa shape index (κ2) is 7.91. The van der Waals surface area contributed by atoms with Gasteiger partial charge in [-0.3, -0.25) is 0 Å². The number of hydrogen-bond donors (Lipinski definition) is 0. The first-order chi connectivity index (χ1) is 10.2. The zero-order valence-electron chi connectivity index (χ0n) is 14.1. The molecule has 0 aromatic rings. The van der Waals surface area contributed by atoms with Crippen molar-refractivity contribution in [3.05, 3.63) is 0 Å². The maximum absolute atomic E-state index is 6.13. The van der Waals surface area contributed by atoms with Crippen molar-refractivity contribution in [3.63, 3.8) is 0 Å². The molecule has 0 saturated carbocycles. The summed E-state index contributed by atoms with van der Waals surface area (Å²) >= 11 is 0. The second-order valence-corrected chi connectivity index (χ2v) is 6.53. The molecule has 0 radical (unpaired) electrons. The summed E-state index contributed by atoms with van der Waals surface area (Å²) in [7, 11) is 0. The summed E-state index contributed by atoms with van der Waals surface area (Å²) in [4.78, 5) is 0. The van der Waals surface area contributed by atoms with E-state index in [-0.39, 0.29) is 24.1 Å². The normalized spacial score (nSPS) is 34.0. The average molecular weight is 300 g/mol. The maximum Gasteiger partial charge on any atom is 0.209 e. The number of rotatable bonds is 6. The maximum atomic E-state index is 6.13. The summed E-state index contributed by atoms with van der Waals surface area (Å²) < 4.78 is 23.9. The van der Waals surface area contributed by atoms with Gasteiger partial charge in [-0.15, -0.1) is 0 Å². The van der Waals surface area contributed by atoms with Crippen molar-refractivity contribution in [3.8, 4) is 0 Å². The fourth-order valence-electron chi connectivity index (χ4n) is 3.18. The highest BCUT2D eigenvalue weighted by Gasteiger charge is 2.41. The molecule has 4 heteroatoms. The summed E-state index contributed by atoms with van der Waals surface area (Å²) in [5, 5.41) is 0. The summed E-state index contributed by atoms with van der Waals surface area (Å²) in [5.41, 5.74) is 0.167. The van der Waals surface area contributed by atoms with Crippen molar-refractivity contribution in [2.75, 3.05) is 19.8 Å². The third-order valence-corrected chi connectivity index (χ3v) is 5.24. The Morgan fingerprint density at radius 2 is 1.57 bits per heavy atom. The lowest BCUT2D eigenvalue weighted by atomic mass is 9.83. The average Bonchev–Trinajstić information content (AvgIpc) is 2.55. The minimum atomic E-state index is -0.367. The quantitative estimate of drug-likeness (QED) is 0.749. The Morgan fingerprint density at radius 3 is 2.10 bits per heavy atom. The summed E-state index contributed by atoms with van der Waals surface area (Å²) in [5.74, 6) is 0.496. The van der Waals surface area contributed by atoms with Gasteiger partial charge in [-0.2, -0.15) is 0 Å². The van der Waals surface area contributed by atoms with E-state index in [4.69, 9.17) is 18.9 Å². The number of ether oxygens (including phenoxy) is 4. The predicted octanol–water partition coefficient (Wildman–Crippen LogP) is 3.73. The van der Waals surface area contributed by atoms with Gasteiger partial charge in [0.25, 0.3) is 0 Å². The summed E-state index contributed by atoms with van der Waals surface area (Å²) in [6.07, 6.45) is 5.02. The second-order valence-electron chi connectivity index (χ2n) is 6.53. The van der Waals surface area contributed by atoms with Crippen LogP contribution in [0.2, 0.25) is 0 Å². The highest BCUT2D eigenvalue weighted by molar-refractivity contribution is 4.81. The van der Waals surface area contributed by atoms with Crippen LogP contribution in [0.5, 0.6) is 0 Å². The molecule has 2 fully saturated rings. The van der Waals surface area contributed by atoms with Crippen molar-refractivity contribution >= 4 is 0 Å². The molecule has 0 aromatic carbocycles. The molecule has 0 aliphatic carbocycles. The summed E-state index contributed by atoms with van der Waals surface area (Å²) in [6, 6.07) is 0. The zero-order chi connectivity index (χ0) is 15.3. The first kappa shape index (κ1) is 17.2. The molecule has 2 aliphatic heterocycles. The van der Waals surface area contributed by atoms with E-state index in [1.165, 1.54) is 0 Å². The molecular formula is C17H32O4. The van der Waals surface area contributed by atoms with Crippen LogP contribution in [0.15, 0.2) is 0 Å². The molecule has 3 atom stereocenters. The molecule has 0 aromatic heterocycles. The lowest BCUT2D eigenvalue weighted by molar-refractivity contribution is -0.355. The molecule has 2 heterocycles. The molecule has 3 unspecified atom stereocenters. The lowest BCUT2D eigenvalue weighted by Gasteiger charge is -2.44. The van der Waals surface area contributed by atoms with E-state index < -0.39 is 0 Å². The van der Waals surface area contributed by atoms with Crippen LogP contribution < -0.4 is 0 Å². The first-order valence-electron chi connectivity index (χ1n) is 8.68. The van der Waals surface area contributed by atoms with Crippen LogP contribution in [0.1, 0.15) is 59.8 Å². The smallest absolute Gasteiger partial charge is 0.209 e. The van der Waals surface area contributed by atoms with Crippen LogP contribution in [0.25, 0.3) is 0 Å². The van der Waals surface area contributed by atoms with Gasteiger partial charge >= 0.3 is 0 Å². The first-order valence-corrected chi connectivity index (χ1v) is 8.68. The van der Waals surface area contributed by atoms with Gasteiger partial charge in [-0.1, -0.05) is 34.1 Å². The van der Waals surface area contributed by atoms with Gasteiger partial charge in [0.05, 0.1) is 25.9 Å². The van der Waals surface area contributed by atoms with Gasteiger partial charge in [0, 0.05) is 11.3 Å². The van der Waals surface area contributed by atoms with Crippen LogP contribution in [-0.2, 0) is 18.9 Å². The van der Waals surface area contributed by atoms with E-state index in [1.807, 2.05) is 0 Å². The lowest BCUT2D eigenvalue weighted by Crippen LogP contribution is -2.51. The Labute approximate surface area is 129 Å². The molecule has 0 amide bonds. The topological polar surface area (TPSA) is 36.9 Å². The Morgan fingerprint density at radius 1 is 0.905 bits per heavy atom. The molecule has 21 heavy (non-hydrogen) atoms. The molecule has 4 nitrogen and oxygen atoms in total. The van der Waals surface area contributed by atoms with Crippen molar-refractivity contribution in [1.82, 2.24) is 0 Å². The van der Waals surface area contributed by atoms with E-state index in [9.17, 15) is 0 Å². The monoisotopic (exact) mass is 300 g/mol. The Balaban J connectivity index is 1.89. The zero-order valence-corrected chi connectivity index (χ0v) is 14.1. The van der Waals surface area contributed by atoms with E-state index in [0.717, 1.165) is 51.9 Å². The summed E-state index contributed by atoms with van der Waals surface area (Å²) in [6.45, 7) is 11.0. The largest absolute Gasteiger partial charge is 0.348 e. The molecule has 2 saturated heterocycles. The van der Waals surface area contributed by atoms with Gasteiger partial charge < -0.3 is 18.9 Å². The van der Waals surface area contributed by atoms with Gasteiger partial charge in [-0.05, 0) is 25.7 Å². The van der Waals surface area contributed by atoms with Crippen LogP contribution in [0.3, 0.4) is 0 Å². The SMILES string of the molecule is CCCC1OC(C2OCC(CC)(CC)CO2)OCC1CC. The molecular weight excluding hydrogens is 268 g/mol. The molecule has 0 spiro atoms. The highest BCUT2D eigenvalue weighted by Crippen LogP contribution is 2.35. The van der Waals surface area contributed by atoms with E-state index in [1.54, 1.807) is 0 Å². The van der Waals surface area contributed by atoms with Gasteiger partial charge in [0.2, 0.25) is 12.6 Å². The van der Waals surface area contributed by atoms with Gasteiger partial charge in [0.15, 0.2) is 0 Å².